The van der Waals surface area contributed by atoms with E-state index in [4.69, 9.17) is 9.47 Å². The van der Waals surface area contributed by atoms with E-state index in [2.05, 4.69) is 16.0 Å². The van der Waals surface area contributed by atoms with Gasteiger partial charge < -0.3 is 30.3 Å². The average Bonchev–Trinajstić information content (AvgIpc) is 2.92. The van der Waals surface area contributed by atoms with Crippen molar-refractivity contribution in [1.29, 1.82) is 0 Å². The Morgan fingerprint density at radius 2 is 1.88 bits per heavy atom. The van der Waals surface area contributed by atoms with Crippen molar-refractivity contribution in [2.45, 2.75) is 44.8 Å². The van der Waals surface area contributed by atoms with E-state index in [9.17, 15) is 14.4 Å². The first kappa shape index (κ1) is 23.4. The van der Waals surface area contributed by atoms with Gasteiger partial charge in [-0.25, -0.2) is 4.79 Å². The van der Waals surface area contributed by atoms with E-state index in [1.165, 1.54) is 0 Å². The standard InChI is InChI=1S/C25H30N4O5/c1-14(2)26-25(32)27-16-9-10-29-21(12-16)23(30)28-20-8-5-15(11-19(20)24(29)31)18-7-6-17(33-3)13-22(18)34-4/h5-8,11,13-14,16,21H,9-10,12H2,1-4H3,(H,28,30)(H2,26,27,32). The maximum Gasteiger partial charge on any atom is 0.315 e. The molecule has 2 aliphatic heterocycles. The molecule has 0 aliphatic carbocycles. The minimum absolute atomic E-state index is 0.0101. The predicted molar refractivity (Wildman–Crippen MR) is 128 cm³/mol. The molecule has 4 amide bonds. The molecule has 2 aliphatic rings. The molecule has 0 spiro atoms. The van der Waals surface area contributed by atoms with Crippen LogP contribution in [0.3, 0.4) is 0 Å². The molecule has 0 radical (unpaired) electrons. The van der Waals surface area contributed by atoms with Gasteiger partial charge in [-0.1, -0.05) is 6.07 Å². The van der Waals surface area contributed by atoms with Gasteiger partial charge in [0, 0.05) is 30.3 Å². The third-order valence-electron chi connectivity index (χ3n) is 6.15. The van der Waals surface area contributed by atoms with Gasteiger partial charge in [0.15, 0.2) is 0 Å². The maximum atomic E-state index is 13.5. The van der Waals surface area contributed by atoms with E-state index >= 15 is 0 Å². The van der Waals surface area contributed by atoms with Crippen molar-refractivity contribution < 1.29 is 23.9 Å². The van der Waals surface area contributed by atoms with Crippen LogP contribution in [0.4, 0.5) is 10.5 Å². The predicted octanol–water partition coefficient (Wildman–Crippen LogP) is 3.00. The summed E-state index contributed by atoms with van der Waals surface area (Å²) >= 11 is 0. The third-order valence-corrected chi connectivity index (χ3v) is 6.15. The highest BCUT2D eigenvalue weighted by molar-refractivity contribution is 6.10. The fourth-order valence-electron chi connectivity index (χ4n) is 4.48. The lowest BCUT2D eigenvalue weighted by Crippen LogP contribution is -2.56. The first-order chi connectivity index (χ1) is 16.3. The Labute approximate surface area is 198 Å². The summed E-state index contributed by atoms with van der Waals surface area (Å²) in [7, 11) is 3.17. The molecule has 0 bridgehead atoms. The van der Waals surface area contributed by atoms with Crippen molar-refractivity contribution in [3.63, 3.8) is 0 Å². The number of urea groups is 1. The van der Waals surface area contributed by atoms with Crippen molar-refractivity contribution in [2.75, 3.05) is 26.1 Å². The van der Waals surface area contributed by atoms with E-state index in [1.54, 1.807) is 37.3 Å². The molecule has 3 N–H and O–H groups in total. The number of methoxy groups -OCH3 is 2. The number of ether oxygens (including phenoxy) is 2. The number of fused-ring (bicyclic) bond motifs is 2. The highest BCUT2D eigenvalue weighted by Gasteiger charge is 2.40. The minimum Gasteiger partial charge on any atom is -0.497 e. The molecular weight excluding hydrogens is 436 g/mol. The average molecular weight is 467 g/mol. The van der Waals surface area contributed by atoms with Crippen LogP contribution in [0.25, 0.3) is 11.1 Å². The summed E-state index contributed by atoms with van der Waals surface area (Å²) in [4.78, 5) is 40.3. The SMILES string of the molecule is COc1ccc(-c2ccc3c(c2)C(=O)N2CCC(NC(=O)NC(C)C)CC2C(=O)N3)c(OC)c1. The largest absolute Gasteiger partial charge is 0.497 e. The second-order valence-electron chi connectivity index (χ2n) is 8.82. The van der Waals surface area contributed by atoms with Gasteiger partial charge in [-0.3, -0.25) is 9.59 Å². The first-order valence-corrected chi connectivity index (χ1v) is 11.4. The van der Waals surface area contributed by atoms with Gasteiger partial charge >= 0.3 is 6.03 Å². The molecule has 180 valence electrons. The van der Waals surface area contributed by atoms with Gasteiger partial charge in [0.1, 0.15) is 17.5 Å². The lowest BCUT2D eigenvalue weighted by Gasteiger charge is -2.37. The molecule has 9 heteroatoms. The van der Waals surface area contributed by atoms with Crippen LogP contribution < -0.4 is 25.4 Å². The van der Waals surface area contributed by atoms with Crippen LogP contribution in [-0.2, 0) is 4.79 Å². The van der Waals surface area contributed by atoms with Crippen molar-refractivity contribution in [3.8, 4) is 22.6 Å². The molecule has 2 aromatic carbocycles. The Hall–Kier alpha value is -3.75. The lowest BCUT2D eigenvalue weighted by atomic mass is 9.96. The van der Waals surface area contributed by atoms with Crippen molar-refractivity contribution >= 4 is 23.5 Å². The summed E-state index contributed by atoms with van der Waals surface area (Å²) in [5, 5.41) is 8.62. The van der Waals surface area contributed by atoms with Crippen LogP contribution >= 0.6 is 0 Å². The number of anilines is 1. The monoisotopic (exact) mass is 466 g/mol. The number of piperidine rings is 1. The minimum atomic E-state index is -0.656. The number of benzene rings is 2. The second kappa shape index (κ2) is 9.62. The van der Waals surface area contributed by atoms with Crippen LogP contribution in [-0.4, -0.2) is 61.6 Å². The van der Waals surface area contributed by atoms with Crippen molar-refractivity contribution in [3.05, 3.63) is 42.0 Å². The maximum absolute atomic E-state index is 13.5. The highest BCUT2D eigenvalue weighted by atomic mass is 16.5. The molecule has 2 unspecified atom stereocenters. The molecule has 2 aromatic rings. The fraction of sp³-hybridized carbons (Fsp3) is 0.400. The topological polar surface area (TPSA) is 109 Å². The Kier molecular flexibility index (Phi) is 6.63. The summed E-state index contributed by atoms with van der Waals surface area (Å²) < 4.78 is 10.8. The van der Waals surface area contributed by atoms with Gasteiger partial charge in [-0.05, 0) is 56.5 Å². The summed E-state index contributed by atoms with van der Waals surface area (Å²) in [6.45, 7) is 4.14. The normalized spacial score (nSPS) is 19.5. The molecule has 1 saturated heterocycles. The second-order valence-corrected chi connectivity index (χ2v) is 8.82. The van der Waals surface area contributed by atoms with E-state index in [1.807, 2.05) is 32.0 Å². The van der Waals surface area contributed by atoms with Crippen LogP contribution in [0.15, 0.2) is 36.4 Å². The zero-order valence-electron chi connectivity index (χ0n) is 19.8. The molecule has 1 fully saturated rings. The van der Waals surface area contributed by atoms with Crippen LogP contribution in [0.1, 0.15) is 37.0 Å². The Balaban J connectivity index is 1.59. The molecule has 34 heavy (non-hydrogen) atoms. The van der Waals surface area contributed by atoms with E-state index in [-0.39, 0.29) is 29.9 Å². The molecule has 4 rings (SSSR count). The number of carbonyl (C=O) groups excluding carboxylic acids is 3. The zero-order valence-corrected chi connectivity index (χ0v) is 19.8. The number of hydrogen-bond acceptors (Lipinski definition) is 5. The van der Waals surface area contributed by atoms with Crippen LogP contribution in [0.5, 0.6) is 11.5 Å². The number of hydrogen-bond donors (Lipinski definition) is 3. The smallest absolute Gasteiger partial charge is 0.315 e. The van der Waals surface area contributed by atoms with E-state index in [0.29, 0.717) is 42.1 Å². The number of nitrogens with zero attached hydrogens (tertiary/aromatic N) is 1. The Morgan fingerprint density at radius 1 is 1.09 bits per heavy atom. The molecular formula is C25H30N4O5. The van der Waals surface area contributed by atoms with Gasteiger partial charge in [0.25, 0.3) is 5.91 Å². The summed E-state index contributed by atoms with van der Waals surface area (Å²) in [6, 6.07) is 9.76. The molecule has 9 nitrogen and oxygen atoms in total. The van der Waals surface area contributed by atoms with Crippen molar-refractivity contribution in [1.82, 2.24) is 15.5 Å². The quantitative estimate of drug-likeness (QED) is 0.628. The Bertz CT molecular complexity index is 1120. The van der Waals surface area contributed by atoms with Crippen LogP contribution in [0, 0.1) is 0 Å². The van der Waals surface area contributed by atoms with Gasteiger partial charge in [0.05, 0.1) is 25.5 Å². The summed E-state index contributed by atoms with van der Waals surface area (Å²) in [5.41, 5.74) is 2.50. The molecule has 2 heterocycles. The zero-order chi connectivity index (χ0) is 24.4. The number of amides is 4. The third kappa shape index (κ3) is 4.64. The summed E-state index contributed by atoms with van der Waals surface area (Å²) in [6.07, 6.45) is 0.929. The van der Waals surface area contributed by atoms with Crippen LogP contribution in [0.2, 0.25) is 0 Å². The highest BCUT2D eigenvalue weighted by Crippen LogP contribution is 2.36. The lowest BCUT2D eigenvalue weighted by molar-refractivity contribution is -0.121. The molecule has 0 saturated carbocycles. The van der Waals surface area contributed by atoms with Gasteiger partial charge in [-0.2, -0.15) is 0 Å². The van der Waals surface area contributed by atoms with Gasteiger partial charge in [-0.15, -0.1) is 0 Å². The fourth-order valence-corrected chi connectivity index (χ4v) is 4.48. The van der Waals surface area contributed by atoms with Crippen molar-refractivity contribution in [2.24, 2.45) is 0 Å². The first-order valence-electron chi connectivity index (χ1n) is 11.4. The summed E-state index contributed by atoms with van der Waals surface area (Å²) in [5.74, 6) is 0.823. The molecule has 0 aromatic heterocycles. The number of rotatable bonds is 5. The number of nitrogens with one attached hydrogen (secondary N) is 3. The Morgan fingerprint density at radius 3 is 2.59 bits per heavy atom. The van der Waals surface area contributed by atoms with E-state index < -0.39 is 6.04 Å². The molecule has 2 atom stereocenters. The van der Waals surface area contributed by atoms with E-state index in [0.717, 1.165) is 11.1 Å². The van der Waals surface area contributed by atoms with Gasteiger partial charge in [0.2, 0.25) is 5.91 Å². The number of carbonyl (C=O) groups is 3.